The molecule has 0 aromatic carbocycles. The molecule has 120 valence electrons. The SMILES string of the molecule is CCOCc1nc(C)cc(NCCCN2C(=O)CCC2=O)n1. The summed E-state index contributed by atoms with van der Waals surface area (Å²) in [7, 11) is 0. The van der Waals surface area contributed by atoms with E-state index < -0.39 is 0 Å². The molecule has 0 radical (unpaired) electrons. The molecule has 0 saturated carbocycles. The Morgan fingerprint density at radius 1 is 1.27 bits per heavy atom. The molecule has 1 aliphatic rings. The smallest absolute Gasteiger partial charge is 0.229 e. The van der Waals surface area contributed by atoms with Crippen LogP contribution in [0.5, 0.6) is 0 Å². The first-order valence-corrected chi connectivity index (χ1v) is 7.59. The molecule has 2 rings (SSSR count). The molecular weight excluding hydrogens is 284 g/mol. The second kappa shape index (κ2) is 7.84. The summed E-state index contributed by atoms with van der Waals surface area (Å²) in [5, 5.41) is 3.20. The molecule has 1 aromatic heterocycles. The lowest BCUT2D eigenvalue weighted by Gasteiger charge is -2.14. The number of imide groups is 1. The van der Waals surface area contributed by atoms with Crippen LogP contribution < -0.4 is 5.32 Å². The van der Waals surface area contributed by atoms with Crippen molar-refractivity contribution in [2.45, 2.75) is 39.7 Å². The molecule has 0 bridgehead atoms. The second-order valence-electron chi connectivity index (χ2n) is 5.17. The summed E-state index contributed by atoms with van der Waals surface area (Å²) in [5.41, 5.74) is 0.872. The van der Waals surface area contributed by atoms with Gasteiger partial charge in [0, 0.05) is 44.3 Å². The molecular formula is C15H22N4O3. The molecule has 0 spiro atoms. The summed E-state index contributed by atoms with van der Waals surface area (Å²) in [6, 6.07) is 1.86. The summed E-state index contributed by atoms with van der Waals surface area (Å²) >= 11 is 0. The van der Waals surface area contributed by atoms with Crippen molar-refractivity contribution in [1.82, 2.24) is 14.9 Å². The number of nitrogens with one attached hydrogen (secondary N) is 1. The number of aryl methyl sites for hydroxylation is 1. The summed E-state index contributed by atoms with van der Waals surface area (Å²) in [6.07, 6.45) is 1.39. The fourth-order valence-corrected chi connectivity index (χ4v) is 2.30. The summed E-state index contributed by atoms with van der Waals surface area (Å²) in [6.45, 7) is 5.95. The van der Waals surface area contributed by atoms with Crippen molar-refractivity contribution in [3.8, 4) is 0 Å². The monoisotopic (exact) mass is 306 g/mol. The number of aromatic nitrogens is 2. The third-order valence-corrected chi connectivity index (χ3v) is 3.36. The first kappa shape index (κ1) is 16.4. The van der Waals surface area contributed by atoms with Crippen LogP contribution in [0.15, 0.2) is 6.07 Å². The molecule has 0 unspecified atom stereocenters. The Morgan fingerprint density at radius 3 is 2.68 bits per heavy atom. The molecule has 1 fully saturated rings. The Labute approximate surface area is 130 Å². The fraction of sp³-hybridized carbons (Fsp3) is 0.600. The molecule has 7 nitrogen and oxygen atoms in total. The van der Waals surface area contributed by atoms with Crippen LogP contribution in [0.3, 0.4) is 0 Å². The quantitative estimate of drug-likeness (QED) is 0.575. The predicted octanol–water partition coefficient (Wildman–Crippen LogP) is 1.27. The largest absolute Gasteiger partial charge is 0.374 e. The van der Waals surface area contributed by atoms with E-state index in [0.717, 1.165) is 11.5 Å². The van der Waals surface area contributed by atoms with Gasteiger partial charge in [-0.25, -0.2) is 9.97 Å². The molecule has 7 heteroatoms. The summed E-state index contributed by atoms with van der Waals surface area (Å²) in [4.78, 5) is 33.0. The number of rotatable bonds is 8. The first-order chi connectivity index (χ1) is 10.6. The highest BCUT2D eigenvalue weighted by Crippen LogP contribution is 2.12. The molecule has 0 atom stereocenters. The number of likely N-dealkylation sites (tertiary alicyclic amines) is 1. The zero-order valence-corrected chi connectivity index (χ0v) is 13.1. The van der Waals surface area contributed by atoms with E-state index in [4.69, 9.17) is 4.74 Å². The van der Waals surface area contributed by atoms with Crippen molar-refractivity contribution in [3.63, 3.8) is 0 Å². The average molecular weight is 306 g/mol. The highest BCUT2D eigenvalue weighted by atomic mass is 16.5. The van der Waals surface area contributed by atoms with Gasteiger partial charge in [-0.2, -0.15) is 0 Å². The normalized spacial score (nSPS) is 14.7. The number of carbonyl (C=O) groups excluding carboxylic acids is 2. The van der Waals surface area contributed by atoms with Gasteiger partial charge in [-0.3, -0.25) is 14.5 Å². The highest BCUT2D eigenvalue weighted by molar-refractivity contribution is 6.01. The average Bonchev–Trinajstić information content (AvgIpc) is 2.80. The van der Waals surface area contributed by atoms with Crippen LogP contribution in [-0.4, -0.2) is 46.4 Å². The van der Waals surface area contributed by atoms with Gasteiger partial charge >= 0.3 is 0 Å². The number of carbonyl (C=O) groups is 2. The van der Waals surface area contributed by atoms with Crippen LogP contribution in [0.25, 0.3) is 0 Å². The Bertz CT molecular complexity index is 532. The third kappa shape index (κ3) is 4.49. The maximum absolute atomic E-state index is 11.5. The van der Waals surface area contributed by atoms with Crippen LogP contribution in [0.4, 0.5) is 5.82 Å². The van der Waals surface area contributed by atoms with E-state index in [2.05, 4.69) is 15.3 Å². The van der Waals surface area contributed by atoms with Crippen LogP contribution in [-0.2, 0) is 20.9 Å². The Morgan fingerprint density at radius 2 is 2.00 bits per heavy atom. The van der Waals surface area contributed by atoms with E-state index in [9.17, 15) is 9.59 Å². The molecule has 22 heavy (non-hydrogen) atoms. The third-order valence-electron chi connectivity index (χ3n) is 3.36. The fourth-order valence-electron chi connectivity index (χ4n) is 2.30. The molecule has 1 N–H and O–H groups in total. The minimum Gasteiger partial charge on any atom is -0.374 e. The molecule has 2 heterocycles. The van der Waals surface area contributed by atoms with E-state index in [1.807, 2.05) is 19.9 Å². The molecule has 1 aliphatic heterocycles. The van der Waals surface area contributed by atoms with E-state index in [1.54, 1.807) is 0 Å². The zero-order valence-electron chi connectivity index (χ0n) is 13.1. The van der Waals surface area contributed by atoms with Crippen LogP contribution >= 0.6 is 0 Å². The predicted molar refractivity (Wildman–Crippen MR) is 81.2 cm³/mol. The minimum absolute atomic E-state index is 0.0677. The van der Waals surface area contributed by atoms with E-state index in [1.165, 1.54) is 4.90 Å². The zero-order chi connectivity index (χ0) is 15.9. The lowest BCUT2D eigenvalue weighted by Crippen LogP contribution is -2.31. The van der Waals surface area contributed by atoms with Gasteiger partial charge in [0.25, 0.3) is 0 Å². The number of amides is 2. The summed E-state index contributed by atoms with van der Waals surface area (Å²) in [5.74, 6) is 1.25. The van der Waals surface area contributed by atoms with Gasteiger partial charge in [0.1, 0.15) is 12.4 Å². The minimum atomic E-state index is -0.0677. The maximum atomic E-state index is 11.5. The van der Waals surface area contributed by atoms with Gasteiger partial charge in [0.15, 0.2) is 5.82 Å². The van der Waals surface area contributed by atoms with Crippen LogP contribution in [0, 0.1) is 6.92 Å². The van der Waals surface area contributed by atoms with Crippen LogP contribution in [0.1, 0.15) is 37.7 Å². The van der Waals surface area contributed by atoms with E-state index in [0.29, 0.717) is 51.4 Å². The van der Waals surface area contributed by atoms with Crippen molar-refractivity contribution in [1.29, 1.82) is 0 Å². The Kier molecular flexibility index (Phi) is 5.83. The number of hydrogen-bond acceptors (Lipinski definition) is 6. The van der Waals surface area contributed by atoms with Gasteiger partial charge in [-0.15, -0.1) is 0 Å². The van der Waals surface area contributed by atoms with Gasteiger partial charge < -0.3 is 10.1 Å². The lowest BCUT2D eigenvalue weighted by atomic mass is 10.3. The highest BCUT2D eigenvalue weighted by Gasteiger charge is 2.27. The first-order valence-electron chi connectivity index (χ1n) is 7.59. The number of ether oxygens (including phenoxy) is 1. The number of nitrogens with zero attached hydrogens (tertiary/aromatic N) is 3. The summed E-state index contributed by atoms with van der Waals surface area (Å²) < 4.78 is 5.31. The van der Waals surface area contributed by atoms with Crippen molar-refractivity contribution in [3.05, 3.63) is 17.6 Å². The molecule has 0 aliphatic carbocycles. The molecule has 1 saturated heterocycles. The standard InChI is InChI=1S/C15H22N4O3/c1-3-22-10-13-17-11(2)9-12(18-13)16-7-4-8-19-14(20)5-6-15(19)21/h9H,3-8,10H2,1-2H3,(H,16,17,18). The number of hydrogen-bond donors (Lipinski definition) is 1. The van der Waals surface area contributed by atoms with Gasteiger partial charge in [-0.05, 0) is 20.3 Å². The van der Waals surface area contributed by atoms with Gasteiger partial charge in [0.2, 0.25) is 11.8 Å². The number of anilines is 1. The maximum Gasteiger partial charge on any atom is 0.229 e. The van der Waals surface area contributed by atoms with Gasteiger partial charge in [-0.1, -0.05) is 0 Å². The van der Waals surface area contributed by atoms with Crippen molar-refractivity contribution >= 4 is 17.6 Å². The van der Waals surface area contributed by atoms with Gasteiger partial charge in [0.05, 0.1) is 0 Å². The Balaban J connectivity index is 1.80. The van der Waals surface area contributed by atoms with Crippen molar-refractivity contribution < 1.29 is 14.3 Å². The Hall–Kier alpha value is -2.02. The van der Waals surface area contributed by atoms with Crippen molar-refractivity contribution in [2.75, 3.05) is 25.0 Å². The molecule has 2 amide bonds. The van der Waals surface area contributed by atoms with Crippen LogP contribution in [0.2, 0.25) is 0 Å². The lowest BCUT2D eigenvalue weighted by molar-refractivity contribution is -0.138. The molecule has 1 aromatic rings. The van der Waals surface area contributed by atoms with E-state index in [-0.39, 0.29) is 11.8 Å². The second-order valence-corrected chi connectivity index (χ2v) is 5.17. The van der Waals surface area contributed by atoms with Crippen molar-refractivity contribution in [2.24, 2.45) is 0 Å². The topological polar surface area (TPSA) is 84.4 Å². The van der Waals surface area contributed by atoms with E-state index >= 15 is 0 Å².